The number of ketones is 1. The number of fused-ring (bicyclic) bond motifs is 2. The summed E-state index contributed by atoms with van der Waals surface area (Å²) in [7, 11) is 0. The maximum Gasteiger partial charge on any atom is 0.135 e. The highest BCUT2D eigenvalue weighted by Gasteiger charge is 2.57. The Bertz CT molecular complexity index is 786. The molecule has 0 bridgehead atoms. The Labute approximate surface area is 214 Å². The molecule has 0 aromatic carbocycles. The summed E-state index contributed by atoms with van der Waals surface area (Å²) in [5, 5.41) is 32.4. The van der Waals surface area contributed by atoms with Crippen molar-refractivity contribution in [2.24, 2.45) is 17.8 Å². The van der Waals surface area contributed by atoms with Crippen LogP contribution >= 0.6 is 0 Å². The first-order valence-electron chi connectivity index (χ1n) is 14.0. The van der Waals surface area contributed by atoms with Crippen molar-refractivity contribution in [1.82, 2.24) is 0 Å². The van der Waals surface area contributed by atoms with Gasteiger partial charge in [0.15, 0.2) is 0 Å². The number of Topliss-reactive ketones (excluding diaryl/α,β-unsaturated/α-hetero) is 1. The molecule has 8 heteroatoms. The summed E-state index contributed by atoms with van der Waals surface area (Å²) in [6, 6.07) is 0. The van der Waals surface area contributed by atoms with E-state index in [0.717, 1.165) is 44.3 Å². The lowest BCUT2D eigenvalue weighted by atomic mass is 9.62. The van der Waals surface area contributed by atoms with E-state index in [9.17, 15) is 20.1 Å². The topological polar surface area (TPSA) is 115 Å². The zero-order valence-corrected chi connectivity index (χ0v) is 21.5. The Balaban J connectivity index is 1.06. The van der Waals surface area contributed by atoms with Crippen molar-refractivity contribution in [3.63, 3.8) is 0 Å². The van der Waals surface area contributed by atoms with Crippen molar-refractivity contribution in [3.8, 4) is 0 Å². The number of aliphatic hydroxyl groups excluding tert-OH is 3. The Morgan fingerprint density at radius 2 is 1.92 bits per heavy atom. The van der Waals surface area contributed by atoms with Gasteiger partial charge in [0, 0.05) is 31.3 Å². The number of hydrogen-bond acceptors (Lipinski definition) is 8. The zero-order valence-electron chi connectivity index (χ0n) is 21.5. The van der Waals surface area contributed by atoms with Crippen LogP contribution in [-0.4, -0.2) is 89.3 Å². The highest BCUT2D eigenvalue weighted by Crippen LogP contribution is 2.49. The molecule has 0 aromatic heterocycles. The molecule has 204 valence electrons. The van der Waals surface area contributed by atoms with Crippen molar-refractivity contribution in [2.45, 2.75) is 126 Å². The fourth-order valence-corrected chi connectivity index (χ4v) is 7.03. The first-order valence-corrected chi connectivity index (χ1v) is 14.0. The van der Waals surface area contributed by atoms with Gasteiger partial charge in [0.1, 0.15) is 11.9 Å². The van der Waals surface area contributed by atoms with Gasteiger partial charge < -0.3 is 34.3 Å². The predicted molar refractivity (Wildman–Crippen MR) is 131 cm³/mol. The van der Waals surface area contributed by atoms with E-state index >= 15 is 0 Å². The van der Waals surface area contributed by atoms with Crippen molar-refractivity contribution in [3.05, 3.63) is 12.2 Å². The van der Waals surface area contributed by atoms with Gasteiger partial charge in [-0.1, -0.05) is 6.58 Å². The third kappa shape index (κ3) is 5.90. The van der Waals surface area contributed by atoms with Gasteiger partial charge in [0.05, 0.1) is 55.4 Å². The van der Waals surface area contributed by atoms with Crippen molar-refractivity contribution in [2.75, 3.05) is 13.2 Å². The van der Waals surface area contributed by atoms with Crippen molar-refractivity contribution >= 4 is 5.78 Å². The monoisotopic (exact) mass is 508 g/mol. The quantitative estimate of drug-likeness (QED) is 0.385. The van der Waals surface area contributed by atoms with E-state index in [0.29, 0.717) is 44.6 Å². The lowest BCUT2D eigenvalue weighted by molar-refractivity contribution is -0.296. The van der Waals surface area contributed by atoms with Crippen LogP contribution in [0.15, 0.2) is 12.2 Å². The number of carbonyl (C=O) groups is 1. The molecule has 4 aliphatic heterocycles. The fraction of sp³-hybridized carbons (Fsp3) is 0.893. The maximum atomic E-state index is 12.6. The lowest BCUT2D eigenvalue weighted by Crippen LogP contribution is -2.66. The van der Waals surface area contributed by atoms with Crippen molar-refractivity contribution < 1.29 is 39.1 Å². The molecule has 1 aliphatic carbocycles. The number of rotatable bonds is 10. The van der Waals surface area contributed by atoms with E-state index in [1.54, 1.807) is 0 Å². The molecule has 1 saturated carbocycles. The number of carbonyl (C=O) groups excluding carboxylic acids is 1. The van der Waals surface area contributed by atoms with E-state index in [4.69, 9.17) is 18.9 Å². The van der Waals surface area contributed by atoms with Gasteiger partial charge in [-0.15, -0.1) is 0 Å². The van der Waals surface area contributed by atoms with Gasteiger partial charge in [-0.25, -0.2) is 0 Å². The standard InChI is InChI=1S/C28H44O8/c1-15-9-20(34-14-15)4-3-18(29)12-24(31)22-13-23-26(32)28-25(36-27(22)23)6-5-21(35-28)11-19(30)10-17-7-8-33-16(17)2/h16-18,20-29,31-32H,1,3-14H2,2H3/t16-,17?,18?,20?,21?,22?,23?,24?,25?,26?,27?,28-/m0/s1. The highest BCUT2D eigenvalue weighted by atomic mass is 16.6. The van der Waals surface area contributed by atoms with Gasteiger partial charge in [-0.05, 0) is 69.8 Å². The van der Waals surface area contributed by atoms with Gasteiger partial charge in [-0.3, -0.25) is 4.79 Å². The largest absolute Gasteiger partial charge is 0.393 e. The van der Waals surface area contributed by atoms with Crippen LogP contribution < -0.4 is 0 Å². The molecule has 3 N–H and O–H groups in total. The van der Waals surface area contributed by atoms with Crippen LogP contribution in [0.1, 0.15) is 71.1 Å². The van der Waals surface area contributed by atoms with Crippen LogP contribution in [-0.2, 0) is 23.7 Å². The second kappa shape index (κ2) is 11.5. The summed E-state index contributed by atoms with van der Waals surface area (Å²) in [6.07, 6.45) is 3.81. The number of aliphatic hydroxyl groups is 3. The molecule has 5 fully saturated rings. The van der Waals surface area contributed by atoms with Crippen LogP contribution in [0.25, 0.3) is 0 Å². The molecular weight excluding hydrogens is 464 g/mol. The molecule has 36 heavy (non-hydrogen) atoms. The molecule has 4 heterocycles. The normalized spacial score (nSPS) is 43.9. The molecule has 5 rings (SSSR count). The van der Waals surface area contributed by atoms with E-state index < -0.39 is 24.4 Å². The fourth-order valence-electron chi connectivity index (χ4n) is 7.03. The van der Waals surface area contributed by atoms with E-state index in [-0.39, 0.29) is 48.1 Å². The molecule has 4 saturated heterocycles. The molecule has 10 unspecified atom stereocenters. The third-order valence-electron chi connectivity index (χ3n) is 9.33. The molecule has 5 aliphatic rings. The minimum atomic E-state index is -0.665. The molecule has 12 atom stereocenters. The van der Waals surface area contributed by atoms with E-state index in [1.165, 1.54) is 0 Å². The van der Waals surface area contributed by atoms with Crippen LogP contribution in [0.3, 0.4) is 0 Å². The highest BCUT2D eigenvalue weighted by molar-refractivity contribution is 5.79. The summed E-state index contributed by atoms with van der Waals surface area (Å²) in [5.41, 5.74) is 1.10. The zero-order chi connectivity index (χ0) is 25.4. The van der Waals surface area contributed by atoms with Crippen LogP contribution in [0.2, 0.25) is 0 Å². The maximum absolute atomic E-state index is 12.6. The van der Waals surface area contributed by atoms with Gasteiger partial charge in [-0.2, -0.15) is 0 Å². The van der Waals surface area contributed by atoms with Crippen LogP contribution in [0, 0.1) is 17.8 Å². The smallest absolute Gasteiger partial charge is 0.135 e. The number of ether oxygens (including phenoxy) is 4. The molecule has 0 spiro atoms. The third-order valence-corrected chi connectivity index (χ3v) is 9.33. The Kier molecular flexibility index (Phi) is 8.52. The molecular formula is C28H44O8. The predicted octanol–water partition coefficient (Wildman–Crippen LogP) is 2.31. The molecule has 0 aromatic rings. The number of hydrogen-bond donors (Lipinski definition) is 3. The van der Waals surface area contributed by atoms with Gasteiger partial charge >= 0.3 is 0 Å². The summed E-state index contributed by atoms with van der Waals surface area (Å²) < 4.78 is 23.8. The SMILES string of the molecule is C=C1COC(CCC(O)CC(O)C2CC3C2OC2CCC(CC(=O)CC4CCO[C@H]4C)O[C@@H]2C3O)C1. The summed E-state index contributed by atoms with van der Waals surface area (Å²) in [5.74, 6) is 0.343. The first kappa shape index (κ1) is 26.7. The average Bonchev–Trinajstić information content (AvgIpc) is 3.42. The second-order valence-electron chi connectivity index (χ2n) is 12.0. The van der Waals surface area contributed by atoms with E-state index in [1.807, 2.05) is 6.92 Å². The van der Waals surface area contributed by atoms with E-state index in [2.05, 4.69) is 6.58 Å². The minimum Gasteiger partial charge on any atom is -0.393 e. The average molecular weight is 509 g/mol. The second-order valence-corrected chi connectivity index (χ2v) is 12.0. The summed E-state index contributed by atoms with van der Waals surface area (Å²) in [4.78, 5) is 12.6. The van der Waals surface area contributed by atoms with Crippen LogP contribution in [0.5, 0.6) is 0 Å². The molecule has 0 radical (unpaired) electrons. The first-order chi connectivity index (χ1) is 17.3. The Morgan fingerprint density at radius 3 is 2.64 bits per heavy atom. The molecule has 8 nitrogen and oxygen atoms in total. The van der Waals surface area contributed by atoms with Gasteiger partial charge in [0.25, 0.3) is 0 Å². The Morgan fingerprint density at radius 1 is 1.08 bits per heavy atom. The minimum absolute atomic E-state index is 0.0770. The molecule has 0 amide bonds. The van der Waals surface area contributed by atoms with Crippen LogP contribution in [0.4, 0.5) is 0 Å². The van der Waals surface area contributed by atoms with Crippen molar-refractivity contribution in [1.29, 1.82) is 0 Å². The lowest BCUT2D eigenvalue weighted by Gasteiger charge is -2.57. The van der Waals surface area contributed by atoms with Gasteiger partial charge in [0.2, 0.25) is 0 Å². The Hall–Kier alpha value is -0.870. The summed E-state index contributed by atoms with van der Waals surface area (Å²) in [6.45, 7) is 7.31. The summed E-state index contributed by atoms with van der Waals surface area (Å²) >= 11 is 0.